The third-order valence-electron chi connectivity index (χ3n) is 4.34. The van der Waals surface area contributed by atoms with Gasteiger partial charge in [-0.25, -0.2) is 0 Å². The molecule has 0 N–H and O–H groups in total. The number of anilines is 1. The summed E-state index contributed by atoms with van der Waals surface area (Å²) in [4.78, 5) is 14.7. The number of benzene rings is 2. The van der Waals surface area contributed by atoms with Crippen LogP contribution in [0.4, 0.5) is 5.69 Å². The summed E-state index contributed by atoms with van der Waals surface area (Å²) in [6.45, 7) is 3.87. The summed E-state index contributed by atoms with van der Waals surface area (Å²) in [5.41, 5.74) is 2.79. The molecule has 0 radical (unpaired) electrons. The molecule has 0 fully saturated rings. The lowest BCUT2D eigenvalue weighted by molar-refractivity contribution is -0.122. The highest BCUT2D eigenvalue weighted by Gasteiger charge is 2.48. The highest BCUT2D eigenvalue weighted by molar-refractivity contribution is 6.08. The highest BCUT2D eigenvalue weighted by Crippen LogP contribution is 2.45. The summed E-state index contributed by atoms with van der Waals surface area (Å²) in [6.07, 6.45) is 3.22. The fourth-order valence-corrected chi connectivity index (χ4v) is 3.35. The molecule has 1 amide bonds. The maximum Gasteiger partial charge on any atom is 0.238 e. The number of para-hydroxylation sites is 1. The van der Waals surface area contributed by atoms with Crippen molar-refractivity contribution in [3.05, 3.63) is 78.4 Å². The van der Waals surface area contributed by atoms with Gasteiger partial charge in [-0.05, 0) is 30.0 Å². The van der Waals surface area contributed by atoms with E-state index in [2.05, 4.69) is 24.8 Å². The van der Waals surface area contributed by atoms with Crippen LogP contribution in [0, 0.1) is 0 Å². The summed E-state index contributed by atoms with van der Waals surface area (Å²) in [6, 6.07) is 18.3. The second kappa shape index (κ2) is 5.21. The Balaban J connectivity index is 2.13. The van der Waals surface area contributed by atoms with Crippen molar-refractivity contribution in [1.29, 1.82) is 0 Å². The number of rotatable bonds is 4. The smallest absolute Gasteiger partial charge is 0.238 e. The lowest BCUT2D eigenvalue weighted by Crippen LogP contribution is -2.40. The van der Waals surface area contributed by atoms with Gasteiger partial charge in [-0.3, -0.25) is 4.79 Å². The Kier molecular flexibility index (Phi) is 3.38. The Labute approximate surface area is 125 Å². The van der Waals surface area contributed by atoms with Crippen LogP contribution < -0.4 is 4.90 Å². The van der Waals surface area contributed by atoms with Gasteiger partial charge in [0.25, 0.3) is 0 Å². The molecule has 2 nitrogen and oxygen atoms in total. The van der Waals surface area contributed by atoms with E-state index in [0.717, 1.165) is 11.3 Å². The molecule has 106 valence electrons. The van der Waals surface area contributed by atoms with E-state index in [9.17, 15) is 4.79 Å². The molecule has 1 heterocycles. The van der Waals surface area contributed by atoms with E-state index in [1.807, 2.05) is 49.5 Å². The first kappa shape index (κ1) is 13.6. The zero-order valence-electron chi connectivity index (χ0n) is 12.3. The minimum absolute atomic E-state index is 0.160. The molecule has 0 saturated heterocycles. The standard InChI is InChI=1S/C19H19NO/c1-3-13-19(14-15-9-5-4-6-10-15)16-11-7-8-12-17(16)20(2)18(19)21/h3-12H,1,13-14H2,2H3. The van der Waals surface area contributed by atoms with Gasteiger partial charge in [-0.2, -0.15) is 0 Å². The van der Waals surface area contributed by atoms with Crippen molar-refractivity contribution in [2.24, 2.45) is 0 Å². The molecule has 1 atom stereocenters. The number of hydrogen-bond acceptors (Lipinski definition) is 1. The summed E-state index contributed by atoms with van der Waals surface area (Å²) in [7, 11) is 1.86. The predicted molar refractivity (Wildman–Crippen MR) is 86.5 cm³/mol. The van der Waals surface area contributed by atoms with Crippen LogP contribution in [0.2, 0.25) is 0 Å². The molecule has 0 bridgehead atoms. The van der Waals surface area contributed by atoms with Crippen molar-refractivity contribution in [2.45, 2.75) is 18.3 Å². The topological polar surface area (TPSA) is 20.3 Å². The van der Waals surface area contributed by atoms with E-state index < -0.39 is 5.41 Å². The molecule has 0 spiro atoms. The summed E-state index contributed by atoms with van der Waals surface area (Å²) in [5, 5.41) is 0. The molecule has 2 aromatic carbocycles. The van der Waals surface area contributed by atoms with Crippen LogP contribution in [0.3, 0.4) is 0 Å². The fraction of sp³-hybridized carbons (Fsp3) is 0.211. The molecule has 3 rings (SSSR count). The number of amides is 1. The Morgan fingerprint density at radius 1 is 1.10 bits per heavy atom. The van der Waals surface area contributed by atoms with Crippen molar-refractivity contribution < 1.29 is 4.79 Å². The van der Waals surface area contributed by atoms with Crippen LogP contribution in [0.1, 0.15) is 17.5 Å². The predicted octanol–water partition coefficient (Wildman–Crippen LogP) is 3.72. The number of fused-ring (bicyclic) bond motifs is 1. The van der Waals surface area contributed by atoms with Gasteiger partial charge < -0.3 is 4.90 Å². The van der Waals surface area contributed by atoms with Crippen molar-refractivity contribution in [2.75, 3.05) is 11.9 Å². The minimum Gasteiger partial charge on any atom is -0.314 e. The van der Waals surface area contributed by atoms with Crippen LogP contribution in [0.5, 0.6) is 0 Å². The first-order valence-corrected chi connectivity index (χ1v) is 7.21. The molecule has 0 aromatic heterocycles. The van der Waals surface area contributed by atoms with Gasteiger partial charge in [0.05, 0.1) is 5.41 Å². The zero-order chi connectivity index (χ0) is 14.9. The van der Waals surface area contributed by atoms with Crippen molar-refractivity contribution in [3.8, 4) is 0 Å². The van der Waals surface area contributed by atoms with Gasteiger partial charge in [-0.1, -0.05) is 54.6 Å². The number of carbonyl (C=O) groups is 1. The van der Waals surface area contributed by atoms with Gasteiger partial charge in [0.15, 0.2) is 0 Å². The Morgan fingerprint density at radius 3 is 2.48 bits per heavy atom. The number of allylic oxidation sites excluding steroid dienone is 1. The molecule has 1 aliphatic rings. The molecule has 0 aliphatic carbocycles. The normalized spacial score (nSPS) is 20.4. The van der Waals surface area contributed by atoms with E-state index in [-0.39, 0.29) is 5.91 Å². The number of nitrogens with zero attached hydrogens (tertiary/aromatic N) is 1. The van der Waals surface area contributed by atoms with Gasteiger partial charge >= 0.3 is 0 Å². The molecule has 1 aliphatic heterocycles. The fourth-order valence-electron chi connectivity index (χ4n) is 3.35. The quantitative estimate of drug-likeness (QED) is 0.780. The van der Waals surface area contributed by atoms with Crippen molar-refractivity contribution >= 4 is 11.6 Å². The van der Waals surface area contributed by atoms with E-state index in [1.54, 1.807) is 4.90 Å². The number of carbonyl (C=O) groups excluding carboxylic acids is 1. The minimum atomic E-state index is -0.519. The number of hydrogen-bond donors (Lipinski definition) is 0. The van der Waals surface area contributed by atoms with E-state index in [4.69, 9.17) is 0 Å². The van der Waals surface area contributed by atoms with E-state index in [1.165, 1.54) is 5.56 Å². The van der Waals surface area contributed by atoms with Crippen LogP contribution >= 0.6 is 0 Å². The summed E-state index contributed by atoms with van der Waals surface area (Å²) in [5.74, 6) is 0.160. The molecular weight excluding hydrogens is 258 g/mol. The Bertz CT molecular complexity index is 677. The SMILES string of the molecule is C=CCC1(Cc2ccccc2)C(=O)N(C)c2ccccc21. The van der Waals surface area contributed by atoms with Crippen molar-refractivity contribution in [3.63, 3.8) is 0 Å². The largest absolute Gasteiger partial charge is 0.314 e. The Morgan fingerprint density at radius 2 is 1.76 bits per heavy atom. The number of likely N-dealkylation sites (N-methyl/N-ethyl adjacent to an activating group) is 1. The van der Waals surface area contributed by atoms with Gasteiger partial charge in [0, 0.05) is 12.7 Å². The van der Waals surface area contributed by atoms with Gasteiger partial charge in [-0.15, -0.1) is 6.58 Å². The van der Waals surface area contributed by atoms with Gasteiger partial charge in [0.2, 0.25) is 5.91 Å². The first-order chi connectivity index (χ1) is 10.2. The lowest BCUT2D eigenvalue weighted by atomic mass is 9.74. The average Bonchev–Trinajstić information content (AvgIpc) is 2.72. The average molecular weight is 277 g/mol. The third kappa shape index (κ3) is 2.07. The van der Waals surface area contributed by atoms with Crippen LogP contribution in [-0.4, -0.2) is 13.0 Å². The molecular formula is C19H19NO. The molecule has 21 heavy (non-hydrogen) atoms. The molecule has 0 saturated carbocycles. The van der Waals surface area contributed by atoms with Gasteiger partial charge in [0.1, 0.15) is 0 Å². The summed E-state index contributed by atoms with van der Waals surface area (Å²) >= 11 is 0. The van der Waals surface area contributed by atoms with Crippen LogP contribution in [0.25, 0.3) is 0 Å². The van der Waals surface area contributed by atoms with Crippen molar-refractivity contribution in [1.82, 2.24) is 0 Å². The first-order valence-electron chi connectivity index (χ1n) is 7.21. The third-order valence-corrected chi connectivity index (χ3v) is 4.34. The summed E-state index contributed by atoms with van der Waals surface area (Å²) < 4.78 is 0. The van der Waals surface area contributed by atoms with E-state index in [0.29, 0.717) is 12.8 Å². The lowest BCUT2D eigenvalue weighted by Gasteiger charge is -2.27. The molecule has 2 heteroatoms. The van der Waals surface area contributed by atoms with Crippen LogP contribution in [0.15, 0.2) is 67.3 Å². The Hall–Kier alpha value is -2.35. The van der Waals surface area contributed by atoms with Crippen LogP contribution in [-0.2, 0) is 16.6 Å². The zero-order valence-corrected chi connectivity index (χ0v) is 12.3. The maximum atomic E-state index is 13.0. The second-order valence-electron chi connectivity index (χ2n) is 5.62. The highest BCUT2D eigenvalue weighted by atomic mass is 16.2. The molecule has 2 aromatic rings. The molecule has 1 unspecified atom stereocenters. The monoisotopic (exact) mass is 277 g/mol. The second-order valence-corrected chi connectivity index (χ2v) is 5.62. The maximum absolute atomic E-state index is 13.0. The van der Waals surface area contributed by atoms with E-state index >= 15 is 0 Å².